The molecule has 40 heavy (non-hydrogen) atoms. The smallest absolute Gasteiger partial charge is 0.165 e. The van der Waals surface area contributed by atoms with E-state index in [9.17, 15) is 0 Å². The van der Waals surface area contributed by atoms with Gasteiger partial charge >= 0.3 is 0 Å². The zero-order valence-corrected chi connectivity index (χ0v) is 21.5. The third-order valence-electron chi connectivity index (χ3n) is 7.40. The monoisotopic (exact) mass is 513 g/mol. The summed E-state index contributed by atoms with van der Waals surface area (Å²) < 4.78 is 2.21. The van der Waals surface area contributed by atoms with Gasteiger partial charge in [-0.25, -0.2) is 9.97 Å². The molecule has 8 rings (SSSR count). The Kier molecular flexibility index (Phi) is 5.07. The molecule has 0 aliphatic carbocycles. The molecule has 0 aliphatic rings. The van der Waals surface area contributed by atoms with Crippen LogP contribution >= 0.6 is 0 Å². The van der Waals surface area contributed by atoms with Crippen LogP contribution < -0.4 is 4.90 Å². The number of anilines is 3. The molecular weight excluding hydrogens is 490 g/mol. The quantitative estimate of drug-likeness (QED) is 0.236. The zero-order valence-electron chi connectivity index (χ0n) is 21.5. The topological polar surface area (TPSA) is 46.8 Å². The highest BCUT2D eigenvalue weighted by molar-refractivity contribution is 6.10. The summed E-state index contributed by atoms with van der Waals surface area (Å²) in [6.07, 6.45) is 1.86. The molecule has 0 fully saturated rings. The van der Waals surface area contributed by atoms with Gasteiger partial charge in [-0.3, -0.25) is 9.55 Å². The SMILES string of the molecule is c1ccc(N(c2ccccc2)c2ccc(-n3c4ccccc4c4nc5ccccc5nc43)c3ncccc23)cc1. The summed E-state index contributed by atoms with van der Waals surface area (Å²) >= 11 is 0. The standard InChI is InChI=1S/C35H23N5/c1-3-12-24(13-4-1)39(25-14-5-2-6-15-25)31-21-22-32(33-26(31)17-11-23-36-33)40-30-20-10-7-16-27(30)34-35(40)38-29-19-9-8-18-28(29)37-34/h1-23H. The zero-order chi connectivity index (χ0) is 26.5. The number of fused-ring (bicyclic) bond motifs is 5. The van der Waals surface area contributed by atoms with Crippen molar-refractivity contribution in [2.24, 2.45) is 0 Å². The van der Waals surface area contributed by atoms with E-state index in [0.717, 1.165) is 66.8 Å². The van der Waals surface area contributed by atoms with Gasteiger partial charge in [0, 0.05) is 28.3 Å². The van der Waals surface area contributed by atoms with E-state index in [4.69, 9.17) is 15.0 Å². The summed E-state index contributed by atoms with van der Waals surface area (Å²) in [5.41, 5.74) is 9.61. The van der Waals surface area contributed by atoms with Gasteiger partial charge in [-0.05, 0) is 66.7 Å². The molecule has 0 bridgehead atoms. The van der Waals surface area contributed by atoms with Crippen molar-refractivity contribution in [2.45, 2.75) is 0 Å². The first-order valence-corrected chi connectivity index (χ1v) is 13.3. The van der Waals surface area contributed by atoms with Crippen molar-refractivity contribution in [3.63, 3.8) is 0 Å². The molecule has 0 aliphatic heterocycles. The van der Waals surface area contributed by atoms with Crippen molar-refractivity contribution in [1.82, 2.24) is 19.5 Å². The number of aromatic nitrogens is 4. The maximum Gasteiger partial charge on any atom is 0.165 e. The predicted molar refractivity (Wildman–Crippen MR) is 164 cm³/mol. The molecule has 5 nitrogen and oxygen atoms in total. The van der Waals surface area contributed by atoms with Crippen molar-refractivity contribution in [3.05, 3.63) is 140 Å². The van der Waals surface area contributed by atoms with Crippen LogP contribution in [-0.4, -0.2) is 19.5 Å². The Labute approximate surface area is 230 Å². The van der Waals surface area contributed by atoms with E-state index in [1.165, 1.54) is 0 Å². The van der Waals surface area contributed by atoms with Gasteiger partial charge in [0.2, 0.25) is 0 Å². The molecule has 0 N–H and O–H groups in total. The van der Waals surface area contributed by atoms with Crippen LogP contribution in [0.15, 0.2) is 140 Å². The second-order valence-electron chi connectivity index (χ2n) is 9.75. The van der Waals surface area contributed by atoms with E-state index >= 15 is 0 Å². The number of benzene rings is 5. The van der Waals surface area contributed by atoms with Crippen molar-refractivity contribution in [1.29, 1.82) is 0 Å². The fourth-order valence-corrected chi connectivity index (χ4v) is 5.65. The van der Waals surface area contributed by atoms with Crippen LogP contribution in [0.2, 0.25) is 0 Å². The van der Waals surface area contributed by atoms with Crippen molar-refractivity contribution in [3.8, 4) is 5.69 Å². The lowest BCUT2D eigenvalue weighted by molar-refractivity contribution is 1.14. The van der Waals surface area contributed by atoms with Crippen LogP contribution in [0.25, 0.3) is 49.7 Å². The van der Waals surface area contributed by atoms with Crippen molar-refractivity contribution < 1.29 is 0 Å². The van der Waals surface area contributed by atoms with Gasteiger partial charge < -0.3 is 4.90 Å². The summed E-state index contributed by atoms with van der Waals surface area (Å²) in [5.74, 6) is 0. The molecule has 0 saturated carbocycles. The molecule has 0 amide bonds. The second-order valence-corrected chi connectivity index (χ2v) is 9.75. The number of hydrogen-bond donors (Lipinski definition) is 0. The van der Waals surface area contributed by atoms with Gasteiger partial charge in [0.25, 0.3) is 0 Å². The highest BCUT2D eigenvalue weighted by Gasteiger charge is 2.21. The van der Waals surface area contributed by atoms with E-state index in [1.54, 1.807) is 0 Å². The Morgan fingerprint density at radius 2 is 1.12 bits per heavy atom. The Balaban J connectivity index is 1.44. The van der Waals surface area contributed by atoms with E-state index in [-0.39, 0.29) is 0 Å². The highest BCUT2D eigenvalue weighted by atomic mass is 15.1. The summed E-state index contributed by atoms with van der Waals surface area (Å²) in [5, 5.41) is 2.12. The van der Waals surface area contributed by atoms with Gasteiger partial charge in [-0.15, -0.1) is 0 Å². The first-order valence-electron chi connectivity index (χ1n) is 13.3. The molecule has 0 spiro atoms. The molecule has 0 radical (unpaired) electrons. The molecule has 5 heteroatoms. The largest absolute Gasteiger partial charge is 0.310 e. The molecule has 0 unspecified atom stereocenters. The lowest BCUT2D eigenvalue weighted by Gasteiger charge is -2.27. The number of rotatable bonds is 4. The lowest BCUT2D eigenvalue weighted by atomic mass is 10.1. The van der Waals surface area contributed by atoms with Gasteiger partial charge in [0.05, 0.1) is 33.4 Å². The maximum absolute atomic E-state index is 5.11. The summed E-state index contributed by atoms with van der Waals surface area (Å²) in [6, 6.07) is 45.8. The minimum atomic E-state index is 0.822. The van der Waals surface area contributed by atoms with Gasteiger partial charge in [0.1, 0.15) is 5.52 Å². The van der Waals surface area contributed by atoms with E-state index < -0.39 is 0 Å². The van der Waals surface area contributed by atoms with Crippen LogP contribution in [0.1, 0.15) is 0 Å². The first-order chi connectivity index (χ1) is 19.9. The number of pyridine rings is 1. The molecule has 0 atom stereocenters. The van der Waals surface area contributed by atoms with Gasteiger partial charge in [-0.2, -0.15) is 0 Å². The minimum Gasteiger partial charge on any atom is -0.310 e. The van der Waals surface area contributed by atoms with E-state index in [0.29, 0.717) is 0 Å². The van der Waals surface area contributed by atoms with Gasteiger partial charge in [-0.1, -0.05) is 66.7 Å². The second kappa shape index (κ2) is 9.03. The third kappa shape index (κ3) is 3.45. The maximum atomic E-state index is 5.11. The van der Waals surface area contributed by atoms with E-state index in [2.05, 4.69) is 100 Å². The van der Waals surface area contributed by atoms with E-state index in [1.807, 2.05) is 48.7 Å². The minimum absolute atomic E-state index is 0.822. The van der Waals surface area contributed by atoms with Crippen LogP contribution in [0.4, 0.5) is 17.1 Å². The average Bonchev–Trinajstić information content (AvgIpc) is 3.34. The Hall–Kier alpha value is -5.55. The molecular formula is C35H23N5. The van der Waals surface area contributed by atoms with Crippen LogP contribution in [0, 0.1) is 0 Å². The number of para-hydroxylation sites is 5. The summed E-state index contributed by atoms with van der Waals surface area (Å²) in [7, 11) is 0. The Morgan fingerprint density at radius 3 is 1.88 bits per heavy atom. The Bertz CT molecular complexity index is 2130. The fraction of sp³-hybridized carbons (Fsp3) is 0. The molecule has 0 saturated heterocycles. The normalized spacial score (nSPS) is 11.5. The van der Waals surface area contributed by atoms with Crippen LogP contribution in [-0.2, 0) is 0 Å². The molecule has 8 aromatic rings. The van der Waals surface area contributed by atoms with Crippen LogP contribution in [0.5, 0.6) is 0 Å². The summed E-state index contributed by atoms with van der Waals surface area (Å²) in [6.45, 7) is 0. The number of hydrogen-bond acceptors (Lipinski definition) is 4. The fourth-order valence-electron chi connectivity index (χ4n) is 5.65. The molecule has 3 aromatic heterocycles. The molecule has 3 heterocycles. The van der Waals surface area contributed by atoms with Crippen molar-refractivity contribution >= 4 is 61.1 Å². The van der Waals surface area contributed by atoms with Crippen LogP contribution in [0.3, 0.4) is 0 Å². The average molecular weight is 514 g/mol. The third-order valence-corrected chi connectivity index (χ3v) is 7.40. The number of nitrogens with zero attached hydrogens (tertiary/aromatic N) is 5. The van der Waals surface area contributed by atoms with Crippen molar-refractivity contribution in [2.75, 3.05) is 4.90 Å². The molecule has 5 aromatic carbocycles. The Morgan fingerprint density at radius 1 is 0.500 bits per heavy atom. The predicted octanol–water partition coefficient (Wildman–Crippen LogP) is 8.74. The highest BCUT2D eigenvalue weighted by Crippen LogP contribution is 2.41. The van der Waals surface area contributed by atoms with Gasteiger partial charge in [0.15, 0.2) is 5.65 Å². The first kappa shape index (κ1) is 22.4. The lowest BCUT2D eigenvalue weighted by Crippen LogP contribution is -2.11. The summed E-state index contributed by atoms with van der Waals surface area (Å²) in [4.78, 5) is 17.4. The molecule has 188 valence electrons.